The van der Waals surface area contributed by atoms with Gasteiger partial charge in [0.2, 0.25) is 0 Å². The quantitative estimate of drug-likeness (QED) is 0.409. The van der Waals surface area contributed by atoms with E-state index in [4.69, 9.17) is 4.74 Å². The van der Waals surface area contributed by atoms with Gasteiger partial charge in [-0.2, -0.15) is 0 Å². The molecule has 2 aromatic rings. The second-order valence-electron chi connectivity index (χ2n) is 5.45. The van der Waals surface area contributed by atoms with E-state index in [1.807, 2.05) is 18.2 Å². The van der Waals surface area contributed by atoms with Crippen molar-refractivity contribution in [1.82, 2.24) is 0 Å². The van der Waals surface area contributed by atoms with Gasteiger partial charge in [0.1, 0.15) is 21.6 Å². The molecule has 0 atom stereocenters. The van der Waals surface area contributed by atoms with Crippen LogP contribution in [0.5, 0.6) is 11.5 Å². The van der Waals surface area contributed by atoms with Crippen LogP contribution in [-0.2, 0) is 16.5 Å². The number of hydrogen-bond donors (Lipinski definition) is 0. The third-order valence-electron chi connectivity index (χ3n) is 3.60. The average molecular weight is 356 g/mol. The smallest absolute Gasteiger partial charge is 0.744 e. The van der Waals surface area contributed by atoms with Crippen LogP contribution >= 0.6 is 0 Å². The average Bonchev–Trinajstić information content (AvgIpc) is 2.52. The first-order valence-electron chi connectivity index (χ1n) is 7.82. The van der Waals surface area contributed by atoms with Gasteiger partial charge < -0.3 is 9.29 Å². The third kappa shape index (κ3) is 6.57. The molecule has 0 unspecified atom stereocenters. The number of hydrogen-bond acceptors (Lipinski definition) is 4. The molecule has 4 nitrogen and oxygen atoms in total. The Morgan fingerprint density at radius 3 is 2.33 bits per heavy atom. The molecule has 0 aliphatic carbocycles. The maximum Gasteiger partial charge on any atom is 1.00 e. The van der Waals surface area contributed by atoms with E-state index < -0.39 is 10.1 Å². The van der Waals surface area contributed by atoms with Gasteiger partial charge in [-0.25, -0.2) is 8.42 Å². The van der Waals surface area contributed by atoms with Crippen LogP contribution < -0.4 is 34.3 Å². The number of aryl methyl sites for hydroxylation is 1. The van der Waals surface area contributed by atoms with Crippen molar-refractivity contribution in [3.05, 3.63) is 54.1 Å². The molecule has 0 bridgehead atoms. The summed E-state index contributed by atoms with van der Waals surface area (Å²) in [6, 6.07) is 13.5. The number of rotatable bonds is 8. The Morgan fingerprint density at radius 2 is 1.71 bits per heavy atom. The molecular formula is C18H21NaO4S. The van der Waals surface area contributed by atoms with E-state index in [-0.39, 0.29) is 34.5 Å². The van der Waals surface area contributed by atoms with Gasteiger partial charge in [0.15, 0.2) is 0 Å². The Bertz CT molecular complexity index is 730. The van der Waals surface area contributed by atoms with Crippen LogP contribution in [-0.4, -0.2) is 13.0 Å². The number of unbranched alkanes of at least 4 members (excludes halogenated alkanes) is 3. The summed E-state index contributed by atoms with van der Waals surface area (Å²) in [7, 11) is -4.49. The molecule has 0 aliphatic rings. The molecule has 0 radical (unpaired) electrons. The summed E-state index contributed by atoms with van der Waals surface area (Å²) < 4.78 is 39.5. The molecule has 0 aromatic heterocycles. The van der Waals surface area contributed by atoms with Crippen LogP contribution in [0, 0.1) is 0 Å². The normalized spacial score (nSPS) is 10.9. The SMILES string of the molecule is CCCCCCc1ccc(S(=O)(=O)[O-])cc1Oc1ccccc1.[Na+]. The van der Waals surface area contributed by atoms with E-state index in [0.717, 1.165) is 31.2 Å². The summed E-state index contributed by atoms with van der Waals surface area (Å²) in [6.45, 7) is 2.15. The largest absolute Gasteiger partial charge is 1.00 e. The van der Waals surface area contributed by atoms with Gasteiger partial charge in [0, 0.05) is 0 Å². The molecule has 24 heavy (non-hydrogen) atoms. The molecule has 0 saturated heterocycles. The van der Waals surface area contributed by atoms with E-state index in [1.165, 1.54) is 18.6 Å². The Labute approximate surface area is 166 Å². The van der Waals surface area contributed by atoms with E-state index in [9.17, 15) is 13.0 Å². The van der Waals surface area contributed by atoms with Crippen molar-refractivity contribution in [2.45, 2.75) is 43.9 Å². The molecule has 2 rings (SSSR count). The zero-order valence-electron chi connectivity index (χ0n) is 14.2. The number of para-hydroxylation sites is 1. The number of ether oxygens (including phenoxy) is 1. The zero-order valence-corrected chi connectivity index (χ0v) is 17.0. The van der Waals surface area contributed by atoms with Crippen LogP contribution in [0.2, 0.25) is 0 Å². The van der Waals surface area contributed by atoms with Gasteiger partial charge in [-0.15, -0.1) is 0 Å². The molecule has 124 valence electrons. The zero-order chi connectivity index (χ0) is 16.7. The van der Waals surface area contributed by atoms with E-state index in [0.29, 0.717) is 11.5 Å². The van der Waals surface area contributed by atoms with Crippen molar-refractivity contribution in [1.29, 1.82) is 0 Å². The third-order valence-corrected chi connectivity index (χ3v) is 4.43. The Morgan fingerprint density at radius 1 is 1.00 bits per heavy atom. The molecule has 6 heteroatoms. The molecule has 0 aliphatic heterocycles. The van der Waals surface area contributed by atoms with Gasteiger partial charge in [0.25, 0.3) is 0 Å². The van der Waals surface area contributed by atoms with Crippen LogP contribution in [0.15, 0.2) is 53.4 Å². The Kier molecular flexibility index (Phi) is 9.02. The van der Waals surface area contributed by atoms with Crippen molar-refractivity contribution < 1.29 is 47.3 Å². The summed E-state index contributed by atoms with van der Waals surface area (Å²) in [6.07, 6.45) is 5.23. The molecule has 0 N–H and O–H groups in total. The summed E-state index contributed by atoms with van der Waals surface area (Å²) in [4.78, 5) is -0.263. The first-order chi connectivity index (χ1) is 11.0. The van der Waals surface area contributed by atoms with Crippen molar-refractivity contribution in [2.24, 2.45) is 0 Å². The Hall–Kier alpha value is -0.850. The molecule has 0 spiro atoms. The van der Waals surface area contributed by atoms with Gasteiger partial charge in [-0.05, 0) is 42.7 Å². The summed E-state index contributed by atoms with van der Waals surface area (Å²) in [5, 5.41) is 0. The Balaban J connectivity index is 0.00000288. The van der Waals surface area contributed by atoms with Gasteiger partial charge in [-0.3, -0.25) is 0 Å². The molecule has 0 fully saturated rings. The predicted octanol–water partition coefficient (Wildman–Crippen LogP) is 1.51. The fourth-order valence-corrected chi connectivity index (χ4v) is 2.84. The van der Waals surface area contributed by atoms with Crippen LogP contribution in [0.4, 0.5) is 0 Å². The van der Waals surface area contributed by atoms with E-state index in [2.05, 4.69) is 6.92 Å². The van der Waals surface area contributed by atoms with Crippen LogP contribution in [0.25, 0.3) is 0 Å². The second-order valence-corrected chi connectivity index (χ2v) is 6.83. The topological polar surface area (TPSA) is 66.4 Å². The number of benzene rings is 2. The maximum absolute atomic E-state index is 11.2. The molecule has 0 heterocycles. The minimum Gasteiger partial charge on any atom is -0.744 e. The van der Waals surface area contributed by atoms with Crippen molar-refractivity contribution in [2.75, 3.05) is 0 Å². The van der Waals surface area contributed by atoms with Gasteiger partial charge in [0.05, 0.1) is 4.90 Å². The fraction of sp³-hybridized carbons (Fsp3) is 0.333. The monoisotopic (exact) mass is 356 g/mol. The van der Waals surface area contributed by atoms with E-state index >= 15 is 0 Å². The van der Waals surface area contributed by atoms with Crippen LogP contribution in [0.3, 0.4) is 0 Å². The maximum atomic E-state index is 11.2. The minimum atomic E-state index is -4.49. The summed E-state index contributed by atoms with van der Waals surface area (Å²) in [5.41, 5.74) is 0.914. The van der Waals surface area contributed by atoms with Crippen LogP contribution in [0.1, 0.15) is 38.2 Å². The molecule has 0 amide bonds. The predicted molar refractivity (Wildman–Crippen MR) is 88.8 cm³/mol. The standard InChI is InChI=1S/C18H22O4S.Na/c1-2-3-4-6-9-15-12-13-17(23(19,20)21)14-18(15)22-16-10-7-5-8-11-16;/h5,7-8,10-14H,2-4,6,9H2,1H3,(H,19,20,21);/q;+1/p-1. The van der Waals surface area contributed by atoms with Crippen molar-refractivity contribution in [3.8, 4) is 11.5 Å². The van der Waals surface area contributed by atoms with Crippen molar-refractivity contribution >= 4 is 10.1 Å². The fourth-order valence-electron chi connectivity index (χ4n) is 2.35. The minimum absolute atomic E-state index is 0. The van der Waals surface area contributed by atoms with Crippen molar-refractivity contribution in [3.63, 3.8) is 0 Å². The second kappa shape index (κ2) is 10.2. The first-order valence-corrected chi connectivity index (χ1v) is 9.23. The summed E-state index contributed by atoms with van der Waals surface area (Å²) in [5.74, 6) is 1.05. The molecule has 2 aromatic carbocycles. The molecular weight excluding hydrogens is 335 g/mol. The van der Waals surface area contributed by atoms with E-state index in [1.54, 1.807) is 18.2 Å². The van der Waals surface area contributed by atoms with Gasteiger partial charge >= 0.3 is 29.6 Å². The summed E-state index contributed by atoms with van der Waals surface area (Å²) >= 11 is 0. The van der Waals surface area contributed by atoms with Gasteiger partial charge in [-0.1, -0.05) is 50.5 Å². The first kappa shape index (κ1) is 21.2. The molecule has 0 saturated carbocycles.